The molecule has 0 fully saturated rings. The summed E-state index contributed by atoms with van der Waals surface area (Å²) < 4.78 is 11.7. The molecule has 1 aromatic heterocycles. The summed E-state index contributed by atoms with van der Waals surface area (Å²) in [6, 6.07) is 41.7. The monoisotopic (exact) mass is 551 g/mol. The second-order valence-electron chi connectivity index (χ2n) is 10.2. The van der Waals surface area contributed by atoms with Gasteiger partial charge in [0.15, 0.2) is 12.2 Å². The van der Waals surface area contributed by atoms with Gasteiger partial charge in [-0.25, -0.2) is 4.98 Å². The van der Waals surface area contributed by atoms with Gasteiger partial charge in [-0.3, -0.25) is 9.59 Å². The van der Waals surface area contributed by atoms with E-state index in [2.05, 4.69) is 24.3 Å². The van der Waals surface area contributed by atoms with Crippen molar-refractivity contribution in [3.05, 3.63) is 150 Å². The zero-order valence-corrected chi connectivity index (χ0v) is 23.4. The van der Waals surface area contributed by atoms with E-state index in [0.717, 1.165) is 55.2 Å². The van der Waals surface area contributed by atoms with Crippen molar-refractivity contribution in [2.45, 2.75) is 26.1 Å². The van der Waals surface area contributed by atoms with E-state index >= 15 is 0 Å². The van der Waals surface area contributed by atoms with Crippen LogP contribution in [0.15, 0.2) is 127 Å². The maximum atomic E-state index is 12.2. The summed E-state index contributed by atoms with van der Waals surface area (Å²) in [6.45, 7) is 2.85. The first-order valence-electron chi connectivity index (χ1n) is 13.8. The smallest absolute Gasteiger partial charge is 0.303 e. The van der Waals surface area contributed by atoms with Crippen LogP contribution in [-0.2, 0) is 19.1 Å². The number of esters is 2. The third kappa shape index (κ3) is 5.50. The molecule has 42 heavy (non-hydrogen) atoms. The van der Waals surface area contributed by atoms with Gasteiger partial charge in [0.1, 0.15) is 0 Å². The molecule has 6 rings (SSSR count). The highest BCUT2D eigenvalue weighted by atomic mass is 16.5. The van der Waals surface area contributed by atoms with Crippen LogP contribution in [0.1, 0.15) is 48.3 Å². The van der Waals surface area contributed by atoms with Crippen LogP contribution in [0.2, 0.25) is 0 Å². The quantitative estimate of drug-likeness (QED) is 0.147. The average Bonchev–Trinajstić information content (AvgIpc) is 3.02. The van der Waals surface area contributed by atoms with Crippen molar-refractivity contribution in [1.82, 2.24) is 4.98 Å². The minimum absolute atomic E-state index is 0.356. The molecule has 0 saturated carbocycles. The highest BCUT2D eigenvalue weighted by molar-refractivity contribution is 6.09. The Hall–Kier alpha value is -5.29. The normalized spacial score (nSPS) is 12.5. The lowest BCUT2D eigenvalue weighted by molar-refractivity contribution is -0.145. The van der Waals surface area contributed by atoms with Crippen LogP contribution in [0.5, 0.6) is 0 Å². The molecule has 5 aromatic carbocycles. The third-order valence-electron chi connectivity index (χ3n) is 7.26. The van der Waals surface area contributed by atoms with Gasteiger partial charge in [0.25, 0.3) is 0 Å². The Morgan fingerprint density at radius 1 is 0.524 bits per heavy atom. The number of carbonyl (C=O) groups is 2. The molecule has 2 unspecified atom stereocenters. The van der Waals surface area contributed by atoms with Crippen molar-refractivity contribution in [2.24, 2.45) is 0 Å². The number of rotatable bonds is 7. The minimum Gasteiger partial charge on any atom is -0.453 e. The van der Waals surface area contributed by atoms with Gasteiger partial charge in [-0.15, -0.1) is 0 Å². The van der Waals surface area contributed by atoms with Crippen molar-refractivity contribution >= 4 is 33.7 Å². The predicted molar refractivity (Wildman–Crippen MR) is 165 cm³/mol. The van der Waals surface area contributed by atoms with Gasteiger partial charge in [0, 0.05) is 30.2 Å². The lowest BCUT2D eigenvalue weighted by Gasteiger charge is -2.21. The number of fused-ring (bicyclic) bond motifs is 2. The molecule has 0 N–H and O–H groups in total. The topological polar surface area (TPSA) is 65.5 Å². The molecule has 0 aliphatic heterocycles. The van der Waals surface area contributed by atoms with Crippen molar-refractivity contribution in [3.8, 4) is 11.1 Å². The van der Waals surface area contributed by atoms with E-state index in [1.54, 1.807) is 0 Å². The summed E-state index contributed by atoms with van der Waals surface area (Å²) in [7, 11) is 0. The molecule has 0 aliphatic carbocycles. The van der Waals surface area contributed by atoms with Crippen molar-refractivity contribution in [1.29, 1.82) is 0 Å². The molecule has 0 radical (unpaired) electrons. The van der Waals surface area contributed by atoms with E-state index in [4.69, 9.17) is 14.5 Å². The predicted octanol–water partition coefficient (Wildman–Crippen LogP) is 8.36. The summed E-state index contributed by atoms with van der Waals surface area (Å²) in [5.74, 6) is -0.711. The summed E-state index contributed by atoms with van der Waals surface area (Å²) in [4.78, 5) is 29.3. The van der Waals surface area contributed by atoms with Gasteiger partial charge in [-0.1, -0.05) is 103 Å². The fourth-order valence-corrected chi connectivity index (χ4v) is 5.46. The second-order valence-corrected chi connectivity index (χ2v) is 10.2. The Balaban J connectivity index is 1.60. The minimum atomic E-state index is -0.565. The molecule has 206 valence electrons. The fraction of sp³-hybridized carbons (Fsp3) is 0.108. The Bertz CT molecular complexity index is 1770. The molecule has 6 aromatic rings. The number of aromatic nitrogens is 1. The molecule has 5 heteroatoms. The molecule has 0 spiro atoms. The number of nitrogens with zero attached hydrogens (tertiary/aromatic N) is 1. The van der Waals surface area contributed by atoms with Crippen molar-refractivity contribution < 1.29 is 19.1 Å². The average molecular weight is 552 g/mol. The number of ether oxygens (including phenoxy) is 2. The molecule has 5 nitrogen and oxygen atoms in total. The molecule has 2 atom stereocenters. The standard InChI is InChI=1S/C37H29NO4/c1-24(39)41-36(27-14-8-4-9-15-27)29-18-20-33-31(22-29)35(26-12-6-3-7-13-26)32-23-30(19-21-34(32)38-33)37(42-25(2)40)28-16-10-5-11-17-28/h3-23,36-37H,1-2H3. The summed E-state index contributed by atoms with van der Waals surface area (Å²) in [6.07, 6.45) is -1.13. The first kappa shape index (κ1) is 26.9. The number of benzene rings is 5. The maximum Gasteiger partial charge on any atom is 0.303 e. The SMILES string of the molecule is CC(=O)OC(c1ccccc1)c1ccc2nc3ccc(C(OC(C)=O)c4ccccc4)cc3c(-c3ccccc3)c2c1. The largest absolute Gasteiger partial charge is 0.453 e. The first-order chi connectivity index (χ1) is 20.5. The number of pyridine rings is 1. The maximum absolute atomic E-state index is 12.2. The van der Waals surface area contributed by atoms with Gasteiger partial charge < -0.3 is 9.47 Å². The van der Waals surface area contributed by atoms with E-state index in [9.17, 15) is 9.59 Å². The Morgan fingerprint density at radius 3 is 1.33 bits per heavy atom. The lowest BCUT2D eigenvalue weighted by Crippen LogP contribution is -2.10. The van der Waals surface area contributed by atoms with Crippen LogP contribution >= 0.6 is 0 Å². The highest BCUT2D eigenvalue weighted by Crippen LogP contribution is 2.39. The van der Waals surface area contributed by atoms with Gasteiger partial charge in [0.2, 0.25) is 0 Å². The number of hydrogen-bond donors (Lipinski definition) is 0. The molecular weight excluding hydrogens is 522 g/mol. The summed E-state index contributed by atoms with van der Waals surface area (Å²) in [5.41, 5.74) is 7.15. The molecule has 0 aliphatic rings. The van der Waals surface area contributed by atoms with Crippen LogP contribution in [-0.4, -0.2) is 16.9 Å². The summed E-state index contributed by atoms with van der Waals surface area (Å²) >= 11 is 0. The van der Waals surface area contributed by atoms with Gasteiger partial charge >= 0.3 is 11.9 Å². The van der Waals surface area contributed by atoms with E-state index < -0.39 is 12.2 Å². The Kier molecular flexibility index (Phi) is 7.48. The zero-order chi connectivity index (χ0) is 29.1. The highest BCUT2D eigenvalue weighted by Gasteiger charge is 2.22. The van der Waals surface area contributed by atoms with E-state index in [1.807, 2.05) is 103 Å². The van der Waals surface area contributed by atoms with Crippen LogP contribution in [0, 0.1) is 0 Å². The van der Waals surface area contributed by atoms with E-state index in [1.165, 1.54) is 13.8 Å². The molecule has 1 heterocycles. The van der Waals surface area contributed by atoms with Crippen molar-refractivity contribution in [2.75, 3.05) is 0 Å². The Morgan fingerprint density at radius 2 is 0.929 bits per heavy atom. The van der Waals surface area contributed by atoms with Crippen LogP contribution in [0.3, 0.4) is 0 Å². The Labute approximate surface area is 244 Å². The number of hydrogen-bond acceptors (Lipinski definition) is 5. The van der Waals surface area contributed by atoms with E-state index in [0.29, 0.717) is 0 Å². The van der Waals surface area contributed by atoms with Crippen molar-refractivity contribution in [3.63, 3.8) is 0 Å². The first-order valence-corrected chi connectivity index (χ1v) is 13.8. The van der Waals surface area contributed by atoms with Gasteiger partial charge in [-0.2, -0.15) is 0 Å². The lowest BCUT2D eigenvalue weighted by atomic mass is 9.91. The fourth-order valence-electron chi connectivity index (χ4n) is 5.46. The van der Waals surface area contributed by atoms with Crippen LogP contribution in [0.25, 0.3) is 32.9 Å². The molecule has 0 saturated heterocycles. The zero-order valence-electron chi connectivity index (χ0n) is 23.4. The molecular formula is C37H29NO4. The van der Waals surface area contributed by atoms with Gasteiger partial charge in [-0.05, 0) is 52.1 Å². The number of carbonyl (C=O) groups excluding carboxylic acids is 2. The second kappa shape index (κ2) is 11.7. The molecule has 0 bridgehead atoms. The molecule has 0 amide bonds. The third-order valence-corrected chi connectivity index (χ3v) is 7.26. The van der Waals surface area contributed by atoms with Crippen LogP contribution < -0.4 is 0 Å². The van der Waals surface area contributed by atoms with Gasteiger partial charge in [0.05, 0.1) is 11.0 Å². The van der Waals surface area contributed by atoms with Crippen LogP contribution in [0.4, 0.5) is 0 Å². The summed E-state index contributed by atoms with van der Waals surface area (Å²) in [5, 5.41) is 1.86. The van der Waals surface area contributed by atoms with E-state index in [-0.39, 0.29) is 11.9 Å².